The van der Waals surface area contributed by atoms with Crippen molar-refractivity contribution in [3.8, 4) is 0 Å². The Kier molecular flexibility index (Phi) is 39.0. The molecule has 15 rings (SSSR count). The molecule has 0 amide bonds. The summed E-state index contributed by atoms with van der Waals surface area (Å²) in [5, 5.41) is 66.9. The van der Waals surface area contributed by atoms with Crippen molar-refractivity contribution in [2.45, 2.75) is 288 Å². The van der Waals surface area contributed by atoms with E-state index in [1.807, 2.05) is 42.1 Å². The Balaban J connectivity index is 0.000000289. The predicted molar refractivity (Wildman–Crippen MR) is 438 cm³/mol. The first kappa shape index (κ1) is 105. The predicted octanol–water partition coefficient (Wildman–Crippen LogP) is 7.55. The average Bonchev–Trinajstić information content (AvgIpc) is 1.63. The number of carbonyl (C=O) groups excluding carboxylic acids is 7. The second kappa shape index (κ2) is 44.0. The molecule has 24 atom stereocenters. The van der Waals surface area contributed by atoms with E-state index in [1.54, 1.807) is 20.8 Å². The van der Waals surface area contributed by atoms with Gasteiger partial charge in [0, 0.05) is 39.1 Å². The van der Waals surface area contributed by atoms with Gasteiger partial charge in [0.05, 0.1) is 80.4 Å². The standard InChI is InChI=1S/2C28H43N3O5.C23H37BrO3.C5H7N3O2.CH2O3.3CH4.2K.H/c1-5-36-25(33)23-15-31(30-29-23)16-24(32)22-9-8-20-19-7-6-18-14-26(2,34)12-13-28(18,17-35-4)21(19)10-11-27(20,22)3;1-5-36-25(33)23-15-29-31(30-23)16-24(32)22-9-8-20-19-7-6-18-14-26(2,34)12-13-28(18,17-35-4)21(19)10-11-27(20,22)3;1-21(26)10-11-23(14-27-3)15(12-21)4-5-16-17-6-7-19(20(25)13-24)22(17,2)9-8-18(16)23;1-2-10-5(9)4-3-6-8-7-4;2-1-4-3;;;;;;/h2*15,18-22,34H,5-14,16-17H2,1-4H3;15-19,26H,4-14H2,1-3H3;3H,2H2,1H3,(H,6,7,8);1,3H;3*1H4;;;/q;;;;;;;;2*+1;-1/p-1/t2*18-,19-,20-,21-,22+,26+,27-,28+;15-,16-,17-,18-,19+,21+,22-,23+;;;;;;;;/m000......../s1. The smallest absolute Gasteiger partial charge is 1.00 e. The van der Waals surface area contributed by atoms with Crippen LogP contribution in [0.25, 0.3) is 0 Å². The molecule has 118 heavy (non-hydrogen) atoms. The van der Waals surface area contributed by atoms with Gasteiger partial charge in [-0.2, -0.15) is 20.2 Å². The van der Waals surface area contributed by atoms with E-state index in [9.17, 15) is 44.1 Å². The Morgan fingerprint density at radius 2 is 0.873 bits per heavy atom. The first-order chi connectivity index (χ1) is 53.8. The number of ketones is 3. The number of alkyl halides is 1. The number of aliphatic hydroxyl groups is 3. The maximum absolute atomic E-state index is 13.6. The van der Waals surface area contributed by atoms with Crippen LogP contribution in [0.3, 0.4) is 0 Å². The molecule has 658 valence electrons. The number of hydrogen-bond donors (Lipinski definition) is 4. The van der Waals surface area contributed by atoms with Crippen molar-refractivity contribution in [2.75, 3.05) is 66.3 Å². The second-order valence-corrected chi connectivity index (χ2v) is 38.4. The molecule has 27 nitrogen and oxygen atoms in total. The topological polar surface area (TPSA) is 371 Å². The molecule has 3 aromatic heterocycles. The molecule has 12 fully saturated rings. The van der Waals surface area contributed by atoms with Gasteiger partial charge < -0.3 is 55.3 Å². The van der Waals surface area contributed by atoms with Gasteiger partial charge in [0.2, 0.25) is 0 Å². The largest absolute Gasteiger partial charge is 1.00 e. The number of nitrogens with zero attached hydrogens (tertiary/aromatic N) is 8. The summed E-state index contributed by atoms with van der Waals surface area (Å²) in [6.07, 6.45) is 33.1. The number of halogens is 1. The molecule has 12 aliphatic carbocycles. The minimum Gasteiger partial charge on any atom is -1.00 e. The number of carbonyl (C=O) groups is 7. The summed E-state index contributed by atoms with van der Waals surface area (Å²) < 4.78 is 33.7. The van der Waals surface area contributed by atoms with Crippen LogP contribution >= 0.6 is 15.9 Å². The molecule has 0 bridgehead atoms. The number of aromatic nitrogens is 9. The Labute approximate surface area is 797 Å². The fourth-order valence-corrected chi connectivity index (χ4v) is 27.8. The quantitative estimate of drug-likeness (QED) is 0.0152. The Morgan fingerprint density at radius 1 is 0.508 bits per heavy atom. The number of Topliss-reactive ketones (excluding diaryl/α,β-unsaturated/α-hetero) is 3. The average molecular weight is 1770 g/mol. The molecule has 0 aromatic carbocycles. The van der Waals surface area contributed by atoms with Crippen LogP contribution in [0.4, 0.5) is 0 Å². The molecular weight excluding hydrogens is 1630 g/mol. The molecule has 0 aliphatic heterocycles. The van der Waals surface area contributed by atoms with Gasteiger partial charge in [-0.15, -0.1) is 15.3 Å². The van der Waals surface area contributed by atoms with Crippen LogP contribution in [0, 0.1) is 121 Å². The summed E-state index contributed by atoms with van der Waals surface area (Å²) >= 11 is 3.43. The van der Waals surface area contributed by atoms with Crippen molar-refractivity contribution in [2.24, 2.45) is 121 Å². The third-order valence-electron chi connectivity index (χ3n) is 32.1. The van der Waals surface area contributed by atoms with Gasteiger partial charge >= 0.3 is 121 Å². The Morgan fingerprint density at radius 3 is 1.22 bits per heavy atom. The number of fused-ring (bicyclic) bond motifs is 15. The van der Waals surface area contributed by atoms with Gasteiger partial charge in [0.1, 0.15) is 18.9 Å². The fourth-order valence-electron chi connectivity index (χ4n) is 27.4. The van der Waals surface area contributed by atoms with E-state index in [0.717, 1.165) is 154 Å². The normalized spacial score (nSPS) is 38.3. The third-order valence-corrected chi connectivity index (χ3v) is 32.6. The molecule has 0 saturated heterocycles. The molecule has 4 N–H and O–H groups in total. The molecule has 0 unspecified atom stereocenters. The van der Waals surface area contributed by atoms with Crippen molar-refractivity contribution in [1.29, 1.82) is 0 Å². The molecular formula is C88H144BrK2N9O18. The van der Waals surface area contributed by atoms with Crippen LogP contribution in [-0.4, -0.2) is 186 Å². The van der Waals surface area contributed by atoms with E-state index in [-0.39, 0.29) is 238 Å². The van der Waals surface area contributed by atoms with Crippen molar-refractivity contribution in [3.05, 3.63) is 35.7 Å². The number of H-pyrrole nitrogens is 1. The molecule has 3 heterocycles. The van der Waals surface area contributed by atoms with Gasteiger partial charge in [-0.05, 0) is 318 Å². The Bertz CT molecular complexity index is 3610. The van der Waals surface area contributed by atoms with Crippen LogP contribution in [0.1, 0.15) is 291 Å². The summed E-state index contributed by atoms with van der Waals surface area (Å²) in [5.41, 5.74) is -0.347. The minimum atomic E-state index is -0.559. The number of rotatable bonds is 21. The van der Waals surface area contributed by atoms with Crippen LogP contribution in [-0.2, 0) is 65.6 Å². The van der Waals surface area contributed by atoms with Gasteiger partial charge in [-0.1, -0.05) is 64.2 Å². The molecule has 12 saturated carbocycles. The molecule has 0 spiro atoms. The summed E-state index contributed by atoms with van der Waals surface area (Å²) in [6.45, 7) is 21.8. The molecule has 0 radical (unpaired) electrons. The summed E-state index contributed by atoms with van der Waals surface area (Å²) in [7, 11) is 5.52. The van der Waals surface area contributed by atoms with Crippen molar-refractivity contribution in [1.82, 2.24) is 45.4 Å². The van der Waals surface area contributed by atoms with E-state index in [0.29, 0.717) is 82.8 Å². The number of ether oxygens (including phenoxy) is 6. The van der Waals surface area contributed by atoms with E-state index in [4.69, 9.17) is 33.7 Å². The SMILES string of the molecule is C.C.C.CCOC(=O)c1cn(CC(=O)[C@H]2CC[C@H]3[C@@H]4CC[C@H]5C[C@](C)(O)CC[C@]5(COC)[C@H]4CC[C@]23C)nn1.CCOC(=O)c1cn[nH]n1.CCOC(=O)c1cnn(CC(=O)[C@H]2CC[C@H]3[C@@H]4CC[C@H]5C[C@](C)(O)CC[C@]5(COC)[C@H]4CC[C@]23C)n1.COC[C@]12CC[C@@](C)(O)C[C@@H]1CC[C@H]1[C@@H]3CC[C@H](C(=O)CBr)[C@@]3(C)CC[C@@H]12.O=CO[O-].[H-].[K+].[K+]. The van der Waals surface area contributed by atoms with Crippen LogP contribution in [0.2, 0.25) is 0 Å². The van der Waals surface area contributed by atoms with E-state index in [1.165, 1.54) is 73.0 Å². The number of nitrogens with one attached hydrogen (secondary N) is 1. The number of methoxy groups -OCH3 is 3. The van der Waals surface area contributed by atoms with Gasteiger partial charge in [0.15, 0.2) is 28.6 Å². The zero-order valence-corrected chi connectivity index (χ0v) is 79.2. The monoisotopic (exact) mass is 1770 g/mol. The van der Waals surface area contributed by atoms with Gasteiger partial charge in [-0.3, -0.25) is 19.2 Å². The van der Waals surface area contributed by atoms with Crippen molar-refractivity contribution in [3.63, 3.8) is 0 Å². The van der Waals surface area contributed by atoms with Gasteiger partial charge in [0.25, 0.3) is 6.47 Å². The summed E-state index contributed by atoms with van der Waals surface area (Å²) in [6, 6.07) is 0. The first-order valence-electron chi connectivity index (χ1n) is 42.5. The fraction of sp³-hybridized carbons (Fsp3) is 0.852. The Hall–Kier alpha value is -2.22. The molecule has 3 aromatic rings. The number of aromatic amines is 1. The van der Waals surface area contributed by atoms with Crippen LogP contribution in [0.15, 0.2) is 18.6 Å². The number of hydrogen-bond acceptors (Lipinski definition) is 24. The van der Waals surface area contributed by atoms with Crippen molar-refractivity contribution < 1.29 is 192 Å². The molecule has 12 aliphatic rings. The second-order valence-electron chi connectivity index (χ2n) is 37.9. The van der Waals surface area contributed by atoms with E-state index >= 15 is 0 Å². The van der Waals surface area contributed by atoms with Crippen molar-refractivity contribution >= 4 is 57.7 Å². The zero-order valence-electron chi connectivity index (χ0n) is 72.3. The number of esters is 3. The molecule has 30 heteroatoms. The third kappa shape index (κ3) is 21.6. The first-order valence-corrected chi connectivity index (χ1v) is 43.6. The maximum atomic E-state index is 13.6. The minimum absolute atomic E-state index is 0. The van der Waals surface area contributed by atoms with Crippen LogP contribution in [0.5, 0.6) is 0 Å². The van der Waals surface area contributed by atoms with Gasteiger partial charge in [-0.25, -0.2) is 19.1 Å². The summed E-state index contributed by atoms with van der Waals surface area (Å²) in [5.74, 6) is 6.95. The van der Waals surface area contributed by atoms with Crippen LogP contribution < -0.4 is 108 Å². The van der Waals surface area contributed by atoms with E-state index < -0.39 is 34.7 Å². The maximum Gasteiger partial charge on any atom is 1.00 e. The zero-order chi connectivity index (χ0) is 81.7. The van der Waals surface area contributed by atoms with E-state index in [2.05, 4.69) is 82.2 Å². The summed E-state index contributed by atoms with van der Waals surface area (Å²) in [4.78, 5) is 86.9.